The van der Waals surface area contributed by atoms with Crippen molar-refractivity contribution in [3.05, 3.63) is 154 Å². The predicted octanol–water partition coefficient (Wildman–Crippen LogP) is 8.22. The molecule has 0 aliphatic carbocycles. The van der Waals surface area contributed by atoms with Crippen molar-refractivity contribution >= 4 is 29.3 Å². The zero-order chi connectivity index (χ0) is 26.0. The summed E-state index contributed by atoms with van der Waals surface area (Å²) in [5.41, 5.74) is 10.2. The van der Waals surface area contributed by atoms with Crippen LogP contribution in [0.3, 0.4) is 0 Å². The summed E-state index contributed by atoms with van der Waals surface area (Å²) in [7, 11) is 2.19. The normalized spacial score (nSPS) is 10.4. The monoisotopic (exact) mass is 546 g/mol. The fourth-order valence-electron chi connectivity index (χ4n) is 4.33. The van der Waals surface area contributed by atoms with Crippen LogP contribution in [0.4, 0.5) is 0 Å². The molecular formula is C33H32BBrN2. The summed E-state index contributed by atoms with van der Waals surface area (Å²) in [6.07, 6.45) is 6.09. The summed E-state index contributed by atoms with van der Waals surface area (Å²) in [6.45, 7) is 4.36. The Labute approximate surface area is 230 Å². The summed E-state index contributed by atoms with van der Waals surface area (Å²) < 4.78 is 1.10. The predicted molar refractivity (Wildman–Crippen MR) is 164 cm³/mol. The average molecular weight is 547 g/mol. The number of halogens is 1. The highest BCUT2D eigenvalue weighted by Gasteiger charge is 2.09. The number of aryl methyl sites for hydroxylation is 2. The van der Waals surface area contributed by atoms with Gasteiger partial charge in [0.05, 0.1) is 11.9 Å². The molecule has 0 fully saturated rings. The lowest BCUT2D eigenvalue weighted by Crippen LogP contribution is -1.94. The molecule has 2 nitrogen and oxygen atoms in total. The molecule has 0 bridgehead atoms. The van der Waals surface area contributed by atoms with Gasteiger partial charge in [-0.05, 0) is 64.9 Å². The quantitative estimate of drug-likeness (QED) is 0.213. The highest BCUT2D eigenvalue weighted by atomic mass is 79.9. The lowest BCUT2D eigenvalue weighted by Gasteiger charge is -2.13. The fraction of sp³-hybridized carbons (Fsp3) is 0.121. The van der Waals surface area contributed by atoms with Crippen LogP contribution in [0.2, 0.25) is 6.32 Å². The highest BCUT2D eigenvalue weighted by molar-refractivity contribution is 9.10. The van der Waals surface area contributed by atoms with Crippen molar-refractivity contribution in [3.8, 4) is 11.3 Å². The first kappa shape index (κ1) is 26.4. The molecule has 0 atom stereocenters. The van der Waals surface area contributed by atoms with Gasteiger partial charge < -0.3 is 4.98 Å². The number of imidazole rings is 1. The molecule has 0 unspecified atom stereocenters. The minimum absolute atomic E-state index is 0.820. The van der Waals surface area contributed by atoms with Gasteiger partial charge in [-0.15, -0.1) is 0 Å². The van der Waals surface area contributed by atoms with Crippen LogP contribution < -0.4 is 0 Å². The molecule has 5 rings (SSSR count). The van der Waals surface area contributed by atoms with Gasteiger partial charge >= 0.3 is 0 Å². The molecule has 184 valence electrons. The summed E-state index contributed by atoms with van der Waals surface area (Å²) >= 11 is 3.44. The molecule has 0 saturated heterocycles. The first-order valence-corrected chi connectivity index (χ1v) is 13.5. The van der Waals surface area contributed by atoms with Crippen LogP contribution in [0.25, 0.3) is 16.8 Å². The molecule has 37 heavy (non-hydrogen) atoms. The Morgan fingerprint density at radius 2 is 1.35 bits per heavy atom. The molecule has 1 heterocycles. The second kappa shape index (κ2) is 13.1. The first-order chi connectivity index (χ1) is 18.0. The van der Waals surface area contributed by atoms with Crippen molar-refractivity contribution in [2.75, 3.05) is 0 Å². The lowest BCUT2D eigenvalue weighted by atomic mass is 9.89. The van der Waals surface area contributed by atoms with E-state index in [4.69, 9.17) is 0 Å². The number of rotatable bonds is 6. The number of benzene rings is 4. The van der Waals surface area contributed by atoms with E-state index in [0.29, 0.717) is 0 Å². The van der Waals surface area contributed by atoms with E-state index < -0.39 is 0 Å². The van der Waals surface area contributed by atoms with Gasteiger partial charge in [0, 0.05) is 10.9 Å². The number of nitrogens with zero attached hydrogens (tertiary/aromatic N) is 1. The fourth-order valence-corrected chi connectivity index (χ4v) is 4.60. The second-order valence-electron chi connectivity index (χ2n) is 9.07. The molecule has 0 aliphatic rings. The zero-order valence-electron chi connectivity index (χ0n) is 21.7. The minimum atomic E-state index is 0.820. The Kier molecular flexibility index (Phi) is 9.34. The Balaban J connectivity index is 0.000000173. The third-order valence-electron chi connectivity index (χ3n) is 6.28. The van der Waals surface area contributed by atoms with Gasteiger partial charge in [0.15, 0.2) is 0 Å². The Morgan fingerprint density at radius 1 is 0.784 bits per heavy atom. The van der Waals surface area contributed by atoms with Gasteiger partial charge in [-0.2, -0.15) is 0 Å². The van der Waals surface area contributed by atoms with Gasteiger partial charge in [-0.3, -0.25) is 0 Å². The number of aromatic nitrogens is 2. The van der Waals surface area contributed by atoms with Crippen molar-refractivity contribution in [2.24, 2.45) is 0 Å². The summed E-state index contributed by atoms with van der Waals surface area (Å²) in [5.74, 6) is 0.987. The van der Waals surface area contributed by atoms with E-state index in [1.807, 2.05) is 24.4 Å². The van der Waals surface area contributed by atoms with Gasteiger partial charge in [0.2, 0.25) is 0 Å². The molecular weight excluding hydrogens is 515 g/mol. The average Bonchev–Trinajstić information content (AvgIpc) is 3.39. The zero-order valence-corrected chi connectivity index (χ0v) is 23.3. The Hall–Kier alpha value is -3.63. The summed E-state index contributed by atoms with van der Waals surface area (Å²) in [6, 6.07) is 35.8. The SMILES string of the molecule is BCC=C(c1ccccc1C)c1ccccc1C.Brc1ccc(Cc2ncc(-c3ccccc3)[nH]2)cc1. The van der Waals surface area contributed by atoms with Crippen molar-refractivity contribution < 1.29 is 0 Å². The maximum absolute atomic E-state index is 4.44. The Morgan fingerprint density at radius 3 is 1.92 bits per heavy atom. The maximum atomic E-state index is 4.44. The minimum Gasteiger partial charge on any atom is -0.342 e. The van der Waals surface area contributed by atoms with E-state index in [2.05, 4.69) is 139 Å². The van der Waals surface area contributed by atoms with E-state index in [0.717, 1.165) is 34.3 Å². The van der Waals surface area contributed by atoms with E-state index in [9.17, 15) is 0 Å². The summed E-state index contributed by atoms with van der Waals surface area (Å²) in [5, 5.41) is 0. The molecule has 5 aromatic rings. The number of hydrogen-bond donors (Lipinski definition) is 1. The second-order valence-corrected chi connectivity index (χ2v) is 9.98. The third-order valence-corrected chi connectivity index (χ3v) is 6.81. The van der Waals surface area contributed by atoms with Crippen LogP contribution in [0, 0.1) is 13.8 Å². The standard InChI is InChI=1S/C17H19B.C16H13BrN2/c1-13-7-3-5-9-15(13)17(11-12-18)16-10-6-4-8-14(16)2;17-14-8-6-12(7-9-14)10-16-18-11-15(19-16)13-4-2-1-3-5-13/h3-11H,12,18H2,1-2H3;1-9,11H,10H2,(H,18,19). The van der Waals surface area contributed by atoms with E-state index in [1.54, 1.807) is 0 Å². The topological polar surface area (TPSA) is 28.7 Å². The van der Waals surface area contributed by atoms with Crippen LogP contribution >= 0.6 is 15.9 Å². The van der Waals surface area contributed by atoms with Crippen LogP contribution in [0.15, 0.2) is 120 Å². The van der Waals surface area contributed by atoms with Gasteiger partial charge in [0.25, 0.3) is 0 Å². The van der Waals surface area contributed by atoms with Gasteiger partial charge in [0.1, 0.15) is 13.7 Å². The van der Waals surface area contributed by atoms with Crippen LogP contribution in [-0.2, 0) is 6.42 Å². The Bertz CT molecular complexity index is 1410. The highest BCUT2D eigenvalue weighted by Crippen LogP contribution is 2.28. The van der Waals surface area contributed by atoms with Crippen LogP contribution in [-0.4, -0.2) is 17.8 Å². The lowest BCUT2D eigenvalue weighted by molar-refractivity contribution is 1.03. The maximum Gasteiger partial charge on any atom is 0.110 e. The van der Waals surface area contributed by atoms with Crippen molar-refractivity contribution in [1.29, 1.82) is 0 Å². The van der Waals surface area contributed by atoms with E-state index >= 15 is 0 Å². The molecule has 0 amide bonds. The molecule has 0 spiro atoms. The van der Waals surface area contributed by atoms with Crippen molar-refractivity contribution in [2.45, 2.75) is 26.6 Å². The number of H-pyrrole nitrogens is 1. The molecule has 0 saturated carbocycles. The van der Waals surface area contributed by atoms with E-state index in [-0.39, 0.29) is 0 Å². The largest absolute Gasteiger partial charge is 0.342 e. The van der Waals surface area contributed by atoms with Gasteiger partial charge in [-0.25, -0.2) is 4.98 Å². The van der Waals surface area contributed by atoms with Crippen LogP contribution in [0.5, 0.6) is 0 Å². The van der Waals surface area contributed by atoms with Gasteiger partial charge in [-0.1, -0.05) is 119 Å². The number of aromatic amines is 1. The number of hydrogen-bond acceptors (Lipinski definition) is 1. The van der Waals surface area contributed by atoms with Crippen molar-refractivity contribution in [3.63, 3.8) is 0 Å². The molecule has 4 heteroatoms. The number of allylic oxidation sites excluding steroid dienone is 1. The van der Waals surface area contributed by atoms with Crippen LogP contribution in [0.1, 0.15) is 33.6 Å². The molecule has 1 N–H and O–H groups in total. The molecule has 0 radical (unpaired) electrons. The van der Waals surface area contributed by atoms with E-state index in [1.165, 1.54) is 33.4 Å². The summed E-state index contributed by atoms with van der Waals surface area (Å²) in [4.78, 5) is 7.81. The molecule has 1 aromatic heterocycles. The number of nitrogens with one attached hydrogen (secondary N) is 1. The third kappa shape index (κ3) is 7.21. The first-order valence-electron chi connectivity index (χ1n) is 12.7. The smallest absolute Gasteiger partial charge is 0.110 e. The molecule has 4 aromatic carbocycles. The van der Waals surface area contributed by atoms with Crippen molar-refractivity contribution in [1.82, 2.24) is 9.97 Å². The molecule has 0 aliphatic heterocycles.